The first-order valence-electron chi connectivity index (χ1n) is 18.6. The lowest BCUT2D eigenvalue weighted by molar-refractivity contribution is -0.387. The Morgan fingerprint density at radius 1 is 1.09 bits per heavy atom. The number of methoxy groups -OCH3 is 1. The number of rotatable bonds is 12. The van der Waals surface area contributed by atoms with Crippen LogP contribution in [0.25, 0.3) is 21.5 Å². The van der Waals surface area contributed by atoms with E-state index in [9.17, 15) is 38.3 Å². The molecule has 2 N–H and O–H groups in total. The van der Waals surface area contributed by atoms with Crippen molar-refractivity contribution in [2.45, 2.75) is 61.6 Å². The number of ether oxygens (including phenoxy) is 1. The number of nitro groups is 1. The van der Waals surface area contributed by atoms with Crippen LogP contribution in [0.15, 0.2) is 84.0 Å². The summed E-state index contributed by atoms with van der Waals surface area (Å²) in [5.74, 6) is -0.483. The van der Waals surface area contributed by atoms with Gasteiger partial charge in [-0.1, -0.05) is 55.3 Å². The SMILES string of the molecule is COC[C@]1(O)CCCC[C@H]1n1cnc(C(=O)N2CCN(C(=O)O)C[C@H]2CCN(c2ccc3nc(C)sc3c2)S(=O)(=O)c2ccccc2[N+](=O)[O-])c1-c1ccccc1. The highest BCUT2D eigenvalue weighted by Gasteiger charge is 2.43. The number of anilines is 1. The topological polar surface area (TPSA) is 202 Å². The van der Waals surface area contributed by atoms with Gasteiger partial charge in [-0.15, -0.1) is 11.3 Å². The minimum absolute atomic E-state index is 0.00304. The summed E-state index contributed by atoms with van der Waals surface area (Å²) >= 11 is 1.37. The highest BCUT2D eigenvalue weighted by Crippen LogP contribution is 2.41. The van der Waals surface area contributed by atoms with Crippen molar-refractivity contribution in [2.24, 2.45) is 0 Å². The van der Waals surface area contributed by atoms with E-state index in [-0.39, 0.29) is 50.6 Å². The zero-order chi connectivity index (χ0) is 40.5. The predicted octanol–water partition coefficient (Wildman–Crippen LogP) is 5.96. The van der Waals surface area contributed by atoms with E-state index in [4.69, 9.17) is 4.74 Å². The smallest absolute Gasteiger partial charge is 0.407 e. The first-order valence-corrected chi connectivity index (χ1v) is 20.8. The standard InChI is InChI=1S/C39H43N7O9S2/c1-26-41-30-16-15-28(22-32(30)56-26)45(57(53,54)33-13-7-6-12-31(33)46(51)52)19-17-29-23-42(38(48)49)20-21-43(29)37(47)35-36(27-10-4-3-5-11-27)44(25-40-35)34-14-8-9-18-39(34,50)24-55-2/h3-7,10-13,15-16,22,25,29,34,50H,8-9,14,17-21,23-24H2,1-2H3,(H,48,49)/t29-,34-,39-/m1/s1. The highest BCUT2D eigenvalue weighted by atomic mass is 32.2. The molecule has 1 saturated heterocycles. The van der Waals surface area contributed by atoms with Gasteiger partial charge in [-0.05, 0) is 50.5 Å². The highest BCUT2D eigenvalue weighted by molar-refractivity contribution is 7.93. The Hall–Kier alpha value is -5.43. The largest absolute Gasteiger partial charge is 0.465 e. The number of aromatic nitrogens is 3. The molecule has 0 spiro atoms. The van der Waals surface area contributed by atoms with Crippen molar-refractivity contribution < 1.29 is 37.9 Å². The maximum Gasteiger partial charge on any atom is 0.407 e. The van der Waals surface area contributed by atoms with Crippen LogP contribution >= 0.6 is 11.3 Å². The Bertz CT molecular complexity index is 2400. The summed E-state index contributed by atoms with van der Waals surface area (Å²) in [4.78, 5) is 49.8. The zero-order valence-corrected chi connectivity index (χ0v) is 33.1. The van der Waals surface area contributed by atoms with Crippen LogP contribution in [0.4, 0.5) is 16.2 Å². The number of carboxylic acid groups (broad SMARTS) is 1. The van der Waals surface area contributed by atoms with E-state index in [2.05, 4.69) is 9.97 Å². The van der Waals surface area contributed by atoms with Gasteiger partial charge < -0.3 is 29.3 Å². The van der Waals surface area contributed by atoms with E-state index < -0.39 is 55.2 Å². The first-order chi connectivity index (χ1) is 27.3. The summed E-state index contributed by atoms with van der Waals surface area (Å²) in [5, 5.41) is 34.7. The van der Waals surface area contributed by atoms with Crippen molar-refractivity contribution >= 4 is 55.0 Å². The van der Waals surface area contributed by atoms with Crippen molar-refractivity contribution in [1.29, 1.82) is 0 Å². The quantitative estimate of drug-likeness (QED) is 0.111. The van der Waals surface area contributed by atoms with E-state index in [1.54, 1.807) is 24.5 Å². The Morgan fingerprint density at radius 2 is 1.84 bits per heavy atom. The first kappa shape index (κ1) is 39.8. The molecule has 18 heteroatoms. The molecule has 2 fully saturated rings. The van der Waals surface area contributed by atoms with Crippen LogP contribution in [0.2, 0.25) is 0 Å². The molecule has 1 saturated carbocycles. The Balaban J connectivity index is 1.28. The van der Waals surface area contributed by atoms with Gasteiger partial charge in [0.2, 0.25) is 0 Å². The van der Waals surface area contributed by atoms with E-state index in [1.165, 1.54) is 46.4 Å². The number of nitro benzene ring substituents is 1. The average Bonchev–Trinajstić information content (AvgIpc) is 3.81. The number of sulfonamides is 1. The van der Waals surface area contributed by atoms with Crippen LogP contribution in [0.5, 0.6) is 0 Å². The third-order valence-corrected chi connectivity index (χ3v) is 13.6. The lowest BCUT2D eigenvalue weighted by atomic mass is 9.80. The number of thiazole rings is 1. The van der Waals surface area contributed by atoms with Crippen molar-refractivity contribution in [3.05, 3.63) is 99.9 Å². The van der Waals surface area contributed by atoms with Crippen molar-refractivity contribution in [1.82, 2.24) is 24.3 Å². The van der Waals surface area contributed by atoms with Crippen molar-refractivity contribution in [3.8, 4) is 11.3 Å². The minimum Gasteiger partial charge on any atom is -0.465 e. The molecule has 1 aliphatic heterocycles. The van der Waals surface area contributed by atoms with E-state index in [0.717, 1.165) is 28.2 Å². The fourth-order valence-corrected chi connectivity index (χ4v) is 10.6. The second kappa shape index (κ2) is 16.2. The van der Waals surface area contributed by atoms with E-state index >= 15 is 0 Å². The van der Waals surface area contributed by atoms with Crippen molar-refractivity contribution in [2.75, 3.05) is 44.2 Å². The van der Waals surface area contributed by atoms with Gasteiger partial charge in [0, 0.05) is 44.9 Å². The molecule has 3 aromatic carbocycles. The molecule has 7 rings (SSSR count). The second-order valence-corrected chi connectivity index (χ2v) is 17.4. The van der Waals surface area contributed by atoms with Gasteiger partial charge >= 0.3 is 6.09 Å². The summed E-state index contributed by atoms with van der Waals surface area (Å²) < 4.78 is 38.1. The van der Waals surface area contributed by atoms with Gasteiger partial charge in [0.15, 0.2) is 10.6 Å². The van der Waals surface area contributed by atoms with Gasteiger partial charge in [0.25, 0.3) is 21.6 Å². The van der Waals surface area contributed by atoms with Crippen LogP contribution < -0.4 is 4.31 Å². The minimum atomic E-state index is -4.59. The maximum absolute atomic E-state index is 14.8. The summed E-state index contributed by atoms with van der Waals surface area (Å²) in [6.07, 6.45) is 3.13. The number of carbonyl (C=O) groups excluding carboxylic acids is 1. The molecule has 3 atom stereocenters. The predicted molar refractivity (Wildman–Crippen MR) is 213 cm³/mol. The van der Waals surface area contributed by atoms with Crippen LogP contribution in [-0.4, -0.2) is 111 Å². The van der Waals surface area contributed by atoms with Gasteiger partial charge in [-0.25, -0.2) is 23.2 Å². The number of fused-ring (bicyclic) bond motifs is 1. The van der Waals surface area contributed by atoms with Crippen LogP contribution in [0.1, 0.15) is 53.6 Å². The molecule has 57 heavy (non-hydrogen) atoms. The molecular formula is C39H43N7O9S2. The maximum atomic E-state index is 14.8. The summed E-state index contributed by atoms with van der Waals surface area (Å²) in [6.45, 7) is 1.55. The molecule has 2 amide bonds. The molecule has 3 heterocycles. The number of aliphatic hydroxyl groups is 1. The molecule has 2 aliphatic rings. The fraction of sp³-hybridized carbons (Fsp3) is 0.385. The molecule has 5 aromatic rings. The molecule has 0 bridgehead atoms. The number of hydrogen-bond donors (Lipinski definition) is 2. The number of hydrogen-bond acceptors (Lipinski definition) is 11. The number of nitrogens with zero attached hydrogens (tertiary/aromatic N) is 7. The Morgan fingerprint density at radius 3 is 2.58 bits per heavy atom. The fourth-order valence-electron chi connectivity index (χ4n) is 8.12. The number of benzene rings is 3. The van der Waals surface area contributed by atoms with Crippen LogP contribution in [0.3, 0.4) is 0 Å². The molecule has 0 radical (unpaired) electrons. The number of imidazole rings is 1. The van der Waals surface area contributed by atoms with E-state index in [0.29, 0.717) is 34.3 Å². The normalized spacial score (nSPS) is 20.1. The third kappa shape index (κ3) is 7.81. The number of amides is 2. The summed E-state index contributed by atoms with van der Waals surface area (Å²) in [5.41, 5.74) is 0.382. The summed E-state index contributed by atoms with van der Waals surface area (Å²) in [6, 6.07) is 18.0. The Kier molecular flexibility index (Phi) is 11.3. The van der Waals surface area contributed by atoms with Gasteiger partial charge in [0.1, 0.15) is 5.60 Å². The number of para-hydroxylation sites is 1. The molecule has 2 aromatic heterocycles. The second-order valence-electron chi connectivity index (χ2n) is 14.4. The Labute approximate surface area is 333 Å². The average molecular weight is 818 g/mol. The lowest BCUT2D eigenvalue weighted by Crippen LogP contribution is -2.57. The zero-order valence-electron chi connectivity index (χ0n) is 31.4. The molecular weight excluding hydrogens is 775 g/mol. The number of carbonyl (C=O) groups is 2. The van der Waals surface area contributed by atoms with Gasteiger partial charge in [-0.2, -0.15) is 0 Å². The van der Waals surface area contributed by atoms with Gasteiger partial charge in [0.05, 0.1) is 56.5 Å². The number of aryl methyl sites for hydroxylation is 1. The molecule has 300 valence electrons. The van der Waals surface area contributed by atoms with Crippen molar-refractivity contribution in [3.63, 3.8) is 0 Å². The molecule has 0 unspecified atom stereocenters. The summed E-state index contributed by atoms with van der Waals surface area (Å²) in [7, 11) is -3.05. The number of piperazine rings is 1. The van der Waals surface area contributed by atoms with Crippen LogP contribution in [0, 0.1) is 17.0 Å². The lowest BCUT2D eigenvalue weighted by Gasteiger charge is -2.41. The third-order valence-electron chi connectivity index (χ3n) is 10.8. The monoisotopic (exact) mass is 817 g/mol. The molecule has 16 nitrogen and oxygen atoms in total. The van der Waals surface area contributed by atoms with Gasteiger partial charge in [-0.3, -0.25) is 19.2 Å². The van der Waals surface area contributed by atoms with E-state index in [1.807, 2.05) is 41.8 Å². The van der Waals surface area contributed by atoms with Crippen LogP contribution in [-0.2, 0) is 14.8 Å². The molecule has 1 aliphatic carbocycles.